The lowest BCUT2D eigenvalue weighted by atomic mass is 9.88. The van der Waals surface area contributed by atoms with E-state index >= 15 is 0 Å². The average molecular weight is 425 g/mol. The summed E-state index contributed by atoms with van der Waals surface area (Å²) in [6.45, 7) is 7.03. The van der Waals surface area contributed by atoms with Crippen molar-refractivity contribution in [2.75, 3.05) is 24.5 Å². The highest BCUT2D eigenvalue weighted by molar-refractivity contribution is 6.33. The Morgan fingerprint density at radius 3 is 2.80 bits per heavy atom. The molecule has 2 aromatic rings. The van der Waals surface area contributed by atoms with Crippen LogP contribution in [0.4, 0.5) is 5.69 Å². The fourth-order valence-corrected chi connectivity index (χ4v) is 4.80. The summed E-state index contributed by atoms with van der Waals surface area (Å²) in [5, 5.41) is 0.529. The second-order valence-corrected chi connectivity index (χ2v) is 8.45. The highest BCUT2D eigenvalue weighted by Crippen LogP contribution is 2.35. The van der Waals surface area contributed by atoms with Crippen LogP contribution in [0.1, 0.15) is 47.2 Å². The van der Waals surface area contributed by atoms with E-state index in [1.54, 1.807) is 35.4 Å². The molecule has 1 saturated heterocycles. The van der Waals surface area contributed by atoms with E-state index in [0.717, 1.165) is 12.1 Å². The zero-order valence-electron chi connectivity index (χ0n) is 17.4. The fraction of sp³-hybridized carbons (Fsp3) is 0.375. The van der Waals surface area contributed by atoms with E-state index in [1.807, 2.05) is 25.1 Å². The SMILES string of the molecule is CC[NH+]1CCC[C@H]1CN=CC1C(=O)N(c2cccc(Cl)c2C)C(=O)c2ccccc21. The van der Waals surface area contributed by atoms with Gasteiger partial charge in [0.15, 0.2) is 0 Å². The van der Waals surface area contributed by atoms with Gasteiger partial charge in [0.1, 0.15) is 6.04 Å². The third-order valence-electron chi connectivity index (χ3n) is 6.36. The van der Waals surface area contributed by atoms with Crippen LogP contribution in [0.2, 0.25) is 5.02 Å². The summed E-state index contributed by atoms with van der Waals surface area (Å²) in [7, 11) is 0. The van der Waals surface area contributed by atoms with Crippen LogP contribution in [0.5, 0.6) is 0 Å². The number of rotatable bonds is 5. The molecule has 1 fully saturated rings. The molecule has 0 bridgehead atoms. The van der Waals surface area contributed by atoms with Gasteiger partial charge in [-0.1, -0.05) is 35.9 Å². The minimum absolute atomic E-state index is 0.279. The molecule has 2 aliphatic heterocycles. The lowest BCUT2D eigenvalue weighted by Gasteiger charge is -2.32. The Balaban J connectivity index is 1.68. The molecule has 0 radical (unpaired) electrons. The largest absolute Gasteiger partial charge is 0.331 e. The summed E-state index contributed by atoms with van der Waals surface area (Å²) in [5.74, 6) is -1.18. The molecular formula is C24H27ClN3O2+. The van der Waals surface area contributed by atoms with E-state index in [9.17, 15) is 9.59 Å². The monoisotopic (exact) mass is 424 g/mol. The lowest BCUT2D eigenvalue weighted by Crippen LogP contribution is -3.13. The van der Waals surface area contributed by atoms with Crippen molar-refractivity contribution in [2.45, 2.75) is 38.6 Å². The minimum atomic E-state index is -0.580. The van der Waals surface area contributed by atoms with Crippen LogP contribution < -0.4 is 9.80 Å². The highest BCUT2D eigenvalue weighted by atomic mass is 35.5. The van der Waals surface area contributed by atoms with Crippen molar-refractivity contribution in [3.63, 3.8) is 0 Å². The third-order valence-corrected chi connectivity index (χ3v) is 6.77. The molecule has 2 amide bonds. The predicted octanol–water partition coefficient (Wildman–Crippen LogP) is 3.06. The maximum Gasteiger partial charge on any atom is 0.265 e. The number of anilines is 1. The first kappa shape index (κ1) is 20.8. The molecule has 2 unspecified atom stereocenters. The van der Waals surface area contributed by atoms with Gasteiger partial charge in [0.25, 0.3) is 5.91 Å². The smallest absolute Gasteiger partial charge is 0.265 e. The Kier molecular flexibility index (Phi) is 6.02. The van der Waals surface area contributed by atoms with Gasteiger partial charge in [0, 0.05) is 29.6 Å². The molecule has 4 rings (SSSR count). The number of quaternary nitrogens is 1. The average Bonchev–Trinajstić information content (AvgIpc) is 3.21. The second-order valence-electron chi connectivity index (χ2n) is 8.04. The summed E-state index contributed by atoms with van der Waals surface area (Å²) < 4.78 is 0. The van der Waals surface area contributed by atoms with E-state index in [1.165, 1.54) is 24.3 Å². The number of nitrogens with zero attached hydrogens (tertiary/aromatic N) is 2. The molecule has 0 saturated carbocycles. The van der Waals surface area contributed by atoms with Crippen molar-refractivity contribution in [2.24, 2.45) is 4.99 Å². The molecule has 5 nitrogen and oxygen atoms in total. The van der Waals surface area contributed by atoms with E-state index < -0.39 is 5.92 Å². The van der Waals surface area contributed by atoms with Crippen molar-refractivity contribution in [1.82, 2.24) is 0 Å². The fourth-order valence-electron chi connectivity index (χ4n) is 4.63. The number of nitrogens with one attached hydrogen (secondary N) is 1. The number of fused-ring (bicyclic) bond motifs is 1. The Hall–Kier alpha value is -2.50. The number of amides is 2. The Labute approximate surface area is 182 Å². The Morgan fingerprint density at radius 1 is 1.20 bits per heavy atom. The number of carbonyl (C=O) groups excluding carboxylic acids is 2. The molecule has 2 aliphatic rings. The summed E-state index contributed by atoms with van der Waals surface area (Å²) in [6.07, 6.45) is 4.14. The number of likely N-dealkylation sites (N-methyl/N-ethyl adjacent to an activating group) is 1. The highest BCUT2D eigenvalue weighted by Gasteiger charge is 2.39. The minimum Gasteiger partial charge on any atom is -0.331 e. The van der Waals surface area contributed by atoms with Gasteiger partial charge in [-0.3, -0.25) is 14.6 Å². The zero-order valence-corrected chi connectivity index (χ0v) is 18.2. The lowest BCUT2D eigenvalue weighted by molar-refractivity contribution is -0.908. The molecule has 0 aliphatic carbocycles. The van der Waals surface area contributed by atoms with Crippen molar-refractivity contribution in [3.05, 3.63) is 64.2 Å². The number of hydrogen-bond donors (Lipinski definition) is 1. The van der Waals surface area contributed by atoms with Gasteiger partial charge < -0.3 is 4.90 Å². The third kappa shape index (κ3) is 3.68. The van der Waals surface area contributed by atoms with Gasteiger partial charge in [-0.2, -0.15) is 0 Å². The van der Waals surface area contributed by atoms with E-state index in [2.05, 4.69) is 11.9 Å². The summed E-state index contributed by atoms with van der Waals surface area (Å²) in [6, 6.07) is 13.1. The molecule has 3 atom stereocenters. The van der Waals surface area contributed by atoms with E-state index in [-0.39, 0.29) is 11.8 Å². The normalized spacial score (nSPS) is 24.0. The van der Waals surface area contributed by atoms with Crippen LogP contribution in [-0.4, -0.2) is 43.7 Å². The first-order valence-corrected chi connectivity index (χ1v) is 11.0. The van der Waals surface area contributed by atoms with Gasteiger partial charge in [-0.15, -0.1) is 0 Å². The number of likely N-dealkylation sites (tertiary alicyclic amines) is 1. The van der Waals surface area contributed by atoms with Crippen molar-refractivity contribution < 1.29 is 14.5 Å². The van der Waals surface area contributed by atoms with Crippen LogP contribution in [-0.2, 0) is 4.79 Å². The topological polar surface area (TPSA) is 54.2 Å². The quantitative estimate of drug-likeness (QED) is 0.592. The zero-order chi connectivity index (χ0) is 21.3. The summed E-state index contributed by atoms with van der Waals surface area (Å²) in [5.41, 5.74) is 2.50. The van der Waals surface area contributed by atoms with Gasteiger partial charge in [-0.25, -0.2) is 4.90 Å². The van der Waals surface area contributed by atoms with E-state index in [4.69, 9.17) is 11.6 Å². The van der Waals surface area contributed by atoms with Crippen molar-refractivity contribution >= 4 is 35.3 Å². The number of carbonyl (C=O) groups is 2. The molecule has 2 aromatic carbocycles. The first-order chi connectivity index (χ1) is 14.5. The summed E-state index contributed by atoms with van der Waals surface area (Å²) >= 11 is 6.27. The van der Waals surface area contributed by atoms with Crippen LogP contribution in [0.3, 0.4) is 0 Å². The van der Waals surface area contributed by atoms with Crippen LogP contribution >= 0.6 is 11.6 Å². The molecule has 0 aromatic heterocycles. The Morgan fingerprint density at radius 2 is 2.00 bits per heavy atom. The van der Waals surface area contributed by atoms with E-state index in [0.29, 0.717) is 34.4 Å². The standard InChI is InChI=1S/C24H26ClN3O2/c1-3-27-13-7-8-17(27)14-26-15-20-18-9-4-5-10-19(18)23(29)28(24(20)30)22-12-6-11-21(25)16(22)2/h4-6,9-12,15,17,20H,3,7-8,13-14H2,1-2H3/p+1/t17-,20?/m0/s1. The predicted molar refractivity (Wildman–Crippen MR) is 120 cm³/mol. The van der Waals surface area contributed by atoms with Crippen molar-refractivity contribution in [3.8, 4) is 0 Å². The van der Waals surface area contributed by atoms with Gasteiger partial charge >= 0.3 is 0 Å². The van der Waals surface area contributed by atoms with Gasteiger partial charge in [0.2, 0.25) is 5.91 Å². The van der Waals surface area contributed by atoms with Crippen LogP contribution in [0, 0.1) is 6.92 Å². The molecule has 30 heavy (non-hydrogen) atoms. The second kappa shape index (κ2) is 8.70. The van der Waals surface area contributed by atoms with Gasteiger partial charge in [-0.05, 0) is 43.2 Å². The first-order valence-electron chi connectivity index (χ1n) is 10.6. The number of aliphatic imine (C=N–C) groups is 1. The van der Waals surface area contributed by atoms with Gasteiger partial charge in [0.05, 0.1) is 31.2 Å². The maximum absolute atomic E-state index is 13.5. The number of halogens is 1. The molecule has 2 heterocycles. The van der Waals surface area contributed by atoms with Crippen LogP contribution in [0.25, 0.3) is 0 Å². The number of imide groups is 1. The van der Waals surface area contributed by atoms with Crippen LogP contribution in [0.15, 0.2) is 47.5 Å². The molecule has 1 N–H and O–H groups in total. The molecule has 156 valence electrons. The molecular weight excluding hydrogens is 398 g/mol. The Bertz CT molecular complexity index is 1000. The maximum atomic E-state index is 13.5. The molecule has 0 spiro atoms. The van der Waals surface area contributed by atoms with Crippen molar-refractivity contribution in [1.29, 1.82) is 0 Å². The molecule has 6 heteroatoms. The number of benzene rings is 2. The number of hydrogen-bond acceptors (Lipinski definition) is 3. The summed E-state index contributed by atoms with van der Waals surface area (Å²) in [4.78, 5) is 34.2.